The molecule has 0 aliphatic heterocycles. The Morgan fingerprint density at radius 3 is 2.65 bits per heavy atom. The smallest absolute Gasteiger partial charge is 0.484 e. The van der Waals surface area contributed by atoms with Crippen LogP contribution in [0.4, 0.5) is 13.2 Å². The lowest BCUT2D eigenvalue weighted by molar-refractivity contribution is -0.274. The summed E-state index contributed by atoms with van der Waals surface area (Å²) in [6.07, 6.45) is -2.58. The van der Waals surface area contributed by atoms with Crippen LogP contribution < -0.4 is 9.47 Å². The lowest BCUT2D eigenvalue weighted by Gasteiger charge is -2.13. The summed E-state index contributed by atoms with van der Waals surface area (Å²) in [5.41, 5.74) is 0. The van der Waals surface area contributed by atoms with E-state index in [4.69, 9.17) is 4.74 Å². The lowest BCUT2D eigenvalue weighted by Crippen LogP contribution is -2.17. The molecule has 5 nitrogen and oxygen atoms in total. The number of ether oxygens (including phenoxy) is 2. The minimum Gasteiger partial charge on any atom is -0.484 e. The summed E-state index contributed by atoms with van der Waals surface area (Å²) in [5, 5.41) is 4.31. The summed E-state index contributed by atoms with van der Waals surface area (Å²) in [5.74, 6) is 1.71. The molecular weight excluding hydrogens is 379 g/mol. The van der Waals surface area contributed by atoms with Gasteiger partial charge < -0.3 is 9.47 Å². The van der Waals surface area contributed by atoms with Gasteiger partial charge in [0.1, 0.15) is 22.6 Å². The van der Waals surface area contributed by atoms with Gasteiger partial charge >= 0.3 is 6.36 Å². The second-order valence-corrected chi connectivity index (χ2v) is 5.98. The molecule has 1 heterocycles. The van der Waals surface area contributed by atoms with Crippen molar-refractivity contribution in [2.75, 3.05) is 0 Å². The Morgan fingerprint density at radius 2 is 2.00 bits per heavy atom. The minimum atomic E-state index is -4.76. The molecule has 23 heavy (non-hydrogen) atoms. The van der Waals surface area contributed by atoms with Gasteiger partial charge in [0, 0.05) is 13.0 Å². The van der Waals surface area contributed by atoms with E-state index in [2.05, 4.69) is 30.7 Å². The summed E-state index contributed by atoms with van der Waals surface area (Å²) in [6.45, 7) is 0.101. The van der Waals surface area contributed by atoms with Crippen molar-refractivity contribution in [1.29, 1.82) is 0 Å². The number of aromatic nitrogens is 3. The highest BCUT2D eigenvalue weighted by Gasteiger charge is 2.32. The monoisotopic (exact) mass is 391 g/mol. The average Bonchev–Trinajstić information content (AvgIpc) is 3.23. The van der Waals surface area contributed by atoms with Gasteiger partial charge in [-0.25, -0.2) is 9.67 Å². The number of benzene rings is 1. The zero-order valence-corrected chi connectivity index (χ0v) is 13.7. The molecule has 0 bridgehead atoms. The van der Waals surface area contributed by atoms with Crippen molar-refractivity contribution < 1.29 is 22.6 Å². The Balaban J connectivity index is 1.71. The molecule has 0 amide bonds. The van der Waals surface area contributed by atoms with Gasteiger partial charge in [-0.3, -0.25) is 0 Å². The zero-order chi connectivity index (χ0) is 16.6. The van der Waals surface area contributed by atoms with Crippen LogP contribution in [0.2, 0.25) is 0 Å². The van der Waals surface area contributed by atoms with E-state index in [1.165, 1.54) is 12.1 Å². The maximum atomic E-state index is 12.3. The second-order valence-electron chi connectivity index (χ2n) is 5.19. The fourth-order valence-electron chi connectivity index (χ4n) is 2.03. The maximum absolute atomic E-state index is 12.3. The fraction of sp³-hybridized carbons (Fsp3) is 0.429. The van der Waals surface area contributed by atoms with Gasteiger partial charge in [0.05, 0.1) is 0 Å². The van der Waals surface area contributed by atoms with E-state index in [0.29, 0.717) is 11.7 Å². The Morgan fingerprint density at radius 1 is 1.30 bits per heavy atom. The topological polar surface area (TPSA) is 49.2 Å². The number of hydrogen-bond acceptors (Lipinski definition) is 4. The molecule has 0 atom stereocenters. The normalized spacial score (nSPS) is 14.8. The van der Waals surface area contributed by atoms with Crippen LogP contribution in [-0.2, 0) is 13.7 Å². The highest BCUT2D eigenvalue weighted by atomic mass is 79.9. The van der Waals surface area contributed by atoms with Crippen molar-refractivity contribution in [1.82, 2.24) is 14.8 Å². The fourth-order valence-corrected chi connectivity index (χ4v) is 2.49. The van der Waals surface area contributed by atoms with Gasteiger partial charge in [-0.05, 0) is 40.9 Å². The molecule has 1 aliphatic carbocycles. The van der Waals surface area contributed by atoms with Gasteiger partial charge in [0.2, 0.25) is 0 Å². The predicted octanol–water partition coefficient (Wildman–Crippen LogP) is 3.93. The van der Waals surface area contributed by atoms with E-state index >= 15 is 0 Å². The van der Waals surface area contributed by atoms with Crippen LogP contribution >= 0.6 is 15.9 Å². The average molecular weight is 392 g/mol. The van der Waals surface area contributed by atoms with Gasteiger partial charge in [-0.2, -0.15) is 5.10 Å². The summed E-state index contributed by atoms with van der Waals surface area (Å²) in [7, 11) is 1.76. The van der Waals surface area contributed by atoms with Crippen LogP contribution in [-0.4, -0.2) is 21.1 Å². The number of hydrogen-bond donors (Lipinski definition) is 0. The molecule has 0 saturated heterocycles. The van der Waals surface area contributed by atoms with Crippen LogP contribution in [0.25, 0.3) is 0 Å². The first-order chi connectivity index (χ1) is 10.8. The molecule has 1 aliphatic rings. The van der Waals surface area contributed by atoms with Crippen molar-refractivity contribution in [2.24, 2.45) is 7.05 Å². The van der Waals surface area contributed by atoms with Crippen LogP contribution in [0.1, 0.15) is 30.4 Å². The summed E-state index contributed by atoms with van der Waals surface area (Å²) < 4.78 is 48.2. The second kappa shape index (κ2) is 6.03. The molecule has 1 saturated carbocycles. The SMILES string of the molecule is Cn1nc(C2CC2)nc1COc1cccc(OC(F)(F)F)c1Br. The first kappa shape index (κ1) is 16.1. The van der Waals surface area contributed by atoms with E-state index < -0.39 is 6.36 Å². The van der Waals surface area contributed by atoms with Crippen LogP contribution in [0.5, 0.6) is 11.5 Å². The molecular formula is C14H13BrF3N3O2. The van der Waals surface area contributed by atoms with Crippen molar-refractivity contribution in [3.05, 3.63) is 34.3 Å². The molecule has 2 aromatic rings. The van der Waals surface area contributed by atoms with Gasteiger partial charge in [0.25, 0.3) is 0 Å². The zero-order valence-electron chi connectivity index (χ0n) is 12.1. The number of halogens is 4. The first-order valence-corrected chi connectivity index (χ1v) is 7.69. The Hall–Kier alpha value is -1.77. The van der Waals surface area contributed by atoms with Gasteiger partial charge in [0.15, 0.2) is 11.6 Å². The third kappa shape index (κ3) is 3.95. The van der Waals surface area contributed by atoms with Crippen LogP contribution in [0.15, 0.2) is 22.7 Å². The Kier molecular flexibility index (Phi) is 4.22. The standard InChI is InChI=1S/C14H13BrF3N3O2/c1-21-11(19-13(20-21)8-5-6-8)7-22-9-3-2-4-10(12(9)15)23-14(16,17)18/h2-4,8H,5-7H2,1H3. The number of rotatable bonds is 5. The van der Waals surface area contributed by atoms with Crippen molar-refractivity contribution in [3.8, 4) is 11.5 Å². The highest BCUT2D eigenvalue weighted by Crippen LogP contribution is 2.39. The highest BCUT2D eigenvalue weighted by molar-refractivity contribution is 9.10. The van der Waals surface area contributed by atoms with E-state index in [1.54, 1.807) is 17.8 Å². The van der Waals surface area contributed by atoms with E-state index in [1.807, 2.05) is 0 Å². The van der Waals surface area contributed by atoms with Crippen molar-refractivity contribution in [2.45, 2.75) is 31.7 Å². The maximum Gasteiger partial charge on any atom is 0.573 e. The van der Waals surface area contributed by atoms with Gasteiger partial charge in [-0.1, -0.05) is 6.07 Å². The summed E-state index contributed by atoms with van der Waals surface area (Å²) in [4.78, 5) is 4.40. The van der Waals surface area contributed by atoms with Gasteiger partial charge in [-0.15, -0.1) is 13.2 Å². The van der Waals surface area contributed by atoms with E-state index in [9.17, 15) is 13.2 Å². The molecule has 9 heteroatoms. The van der Waals surface area contributed by atoms with Crippen molar-refractivity contribution in [3.63, 3.8) is 0 Å². The molecule has 1 fully saturated rings. The minimum absolute atomic E-state index is 0.0990. The Bertz CT molecular complexity index is 714. The number of aryl methyl sites for hydroxylation is 1. The van der Waals surface area contributed by atoms with E-state index in [0.717, 1.165) is 18.7 Å². The molecule has 1 aromatic heterocycles. The quantitative estimate of drug-likeness (QED) is 0.774. The Labute approximate surface area is 138 Å². The summed E-state index contributed by atoms with van der Waals surface area (Å²) in [6, 6.07) is 4.18. The predicted molar refractivity (Wildman–Crippen MR) is 78.1 cm³/mol. The molecule has 124 valence electrons. The number of nitrogens with zero attached hydrogens (tertiary/aromatic N) is 3. The molecule has 1 aromatic carbocycles. The third-order valence-corrected chi connectivity index (χ3v) is 4.10. The largest absolute Gasteiger partial charge is 0.573 e. The molecule has 0 radical (unpaired) electrons. The van der Waals surface area contributed by atoms with E-state index in [-0.39, 0.29) is 22.6 Å². The molecule has 0 N–H and O–H groups in total. The number of alkyl halides is 3. The molecule has 3 rings (SSSR count). The van der Waals surface area contributed by atoms with Crippen LogP contribution in [0, 0.1) is 0 Å². The summed E-state index contributed by atoms with van der Waals surface area (Å²) >= 11 is 3.07. The molecule has 0 spiro atoms. The third-order valence-electron chi connectivity index (χ3n) is 3.32. The van der Waals surface area contributed by atoms with Crippen LogP contribution in [0.3, 0.4) is 0 Å². The molecule has 0 unspecified atom stereocenters. The van der Waals surface area contributed by atoms with Crippen molar-refractivity contribution >= 4 is 15.9 Å². The first-order valence-electron chi connectivity index (χ1n) is 6.90. The lowest BCUT2D eigenvalue weighted by atomic mass is 10.3.